The van der Waals surface area contributed by atoms with Crippen molar-refractivity contribution >= 4 is 5.97 Å². The Bertz CT molecular complexity index is 349. The molecule has 1 atom stereocenters. The second kappa shape index (κ2) is 5.58. The van der Waals surface area contributed by atoms with Crippen molar-refractivity contribution in [3.05, 3.63) is 29.8 Å². The number of nitrogens with zero attached hydrogens (tertiary/aromatic N) is 1. The predicted molar refractivity (Wildman–Crippen MR) is 58.6 cm³/mol. The zero-order valence-corrected chi connectivity index (χ0v) is 9.48. The lowest BCUT2D eigenvalue weighted by molar-refractivity contribution is -0.139. The van der Waals surface area contributed by atoms with Gasteiger partial charge in [0.1, 0.15) is 5.82 Å². The highest BCUT2D eigenvalue weighted by Gasteiger charge is 2.21. The number of halogens is 1. The Morgan fingerprint density at radius 2 is 2.12 bits per heavy atom. The van der Waals surface area contributed by atoms with Crippen molar-refractivity contribution in [2.24, 2.45) is 5.92 Å². The van der Waals surface area contributed by atoms with Crippen LogP contribution in [0.25, 0.3) is 0 Å². The first-order chi connectivity index (χ1) is 7.50. The summed E-state index contributed by atoms with van der Waals surface area (Å²) in [5, 5.41) is 9.08. The molecule has 16 heavy (non-hydrogen) atoms. The molecule has 0 radical (unpaired) electrons. The highest BCUT2D eigenvalue weighted by Crippen LogP contribution is 2.22. The quantitative estimate of drug-likeness (QED) is 0.838. The molecule has 0 amide bonds. The summed E-state index contributed by atoms with van der Waals surface area (Å²) in [7, 11) is 0. The molecule has 1 aromatic heterocycles. The second-order valence-electron chi connectivity index (χ2n) is 4.26. The van der Waals surface area contributed by atoms with E-state index in [4.69, 9.17) is 5.11 Å². The van der Waals surface area contributed by atoms with Gasteiger partial charge in [-0.3, -0.25) is 9.78 Å². The van der Waals surface area contributed by atoms with E-state index in [9.17, 15) is 9.18 Å². The first kappa shape index (κ1) is 12.6. The number of carbonyl (C=O) groups is 1. The molecule has 0 aliphatic rings. The number of carboxylic acid groups (broad SMARTS) is 1. The number of pyridine rings is 1. The van der Waals surface area contributed by atoms with E-state index in [1.807, 2.05) is 13.8 Å². The maximum absolute atomic E-state index is 12.7. The van der Waals surface area contributed by atoms with Gasteiger partial charge >= 0.3 is 5.97 Å². The number of aromatic nitrogens is 1. The Labute approximate surface area is 94.3 Å². The van der Waals surface area contributed by atoms with Gasteiger partial charge in [-0.25, -0.2) is 4.39 Å². The van der Waals surface area contributed by atoms with Crippen molar-refractivity contribution in [2.45, 2.75) is 32.6 Å². The summed E-state index contributed by atoms with van der Waals surface area (Å²) < 4.78 is 12.7. The van der Waals surface area contributed by atoms with E-state index in [1.165, 1.54) is 12.1 Å². The van der Waals surface area contributed by atoms with Gasteiger partial charge < -0.3 is 5.11 Å². The van der Waals surface area contributed by atoms with Crippen LogP contribution < -0.4 is 0 Å². The molecule has 3 nitrogen and oxygen atoms in total. The van der Waals surface area contributed by atoms with Crippen molar-refractivity contribution in [3.8, 4) is 0 Å². The van der Waals surface area contributed by atoms with Gasteiger partial charge in [-0.2, -0.15) is 0 Å². The summed E-state index contributed by atoms with van der Waals surface area (Å²) >= 11 is 0. The van der Waals surface area contributed by atoms with Gasteiger partial charge in [-0.15, -0.1) is 0 Å². The lowest BCUT2D eigenvalue weighted by atomic mass is 9.95. The first-order valence-electron chi connectivity index (χ1n) is 5.35. The smallest absolute Gasteiger partial charge is 0.312 e. The van der Waals surface area contributed by atoms with E-state index in [1.54, 1.807) is 0 Å². The van der Waals surface area contributed by atoms with Gasteiger partial charge in [0, 0.05) is 0 Å². The highest BCUT2D eigenvalue weighted by molar-refractivity contribution is 5.75. The zero-order valence-electron chi connectivity index (χ0n) is 9.48. The molecule has 0 saturated heterocycles. The van der Waals surface area contributed by atoms with Crippen LogP contribution in [0.5, 0.6) is 0 Å². The molecule has 0 aliphatic heterocycles. The van der Waals surface area contributed by atoms with Crippen LogP contribution in [-0.2, 0) is 4.79 Å². The van der Waals surface area contributed by atoms with E-state index in [0.717, 1.165) is 12.6 Å². The average Bonchev–Trinajstić information content (AvgIpc) is 2.20. The van der Waals surface area contributed by atoms with Crippen molar-refractivity contribution < 1.29 is 14.3 Å². The molecular weight excluding hydrogens is 209 g/mol. The van der Waals surface area contributed by atoms with Crippen molar-refractivity contribution in [1.82, 2.24) is 4.98 Å². The monoisotopic (exact) mass is 225 g/mol. The predicted octanol–water partition coefficient (Wildman–Crippen LogP) is 2.83. The summed E-state index contributed by atoms with van der Waals surface area (Å²) in [5.74, 6) is -1.54. The summed E-state index contributed by atoms with van der Waals surface area (Å²) in [6.07, 6.45) is 2.41. The Morgan fingerprint density at radius 1 is 1.44 bits per heavy atom. The minimum Gasteiger partial charge on any atom is -0.481 e. The van der Waals surface area contributed by atoms with Crippen molar-refractivity contribution in [3.63, 3.8) is 0 Å². The number of hydrogen-bond donors (Lipinski definition) is 1. The fraction of sp³-hybridized carbons (Fsp3) is 0.500. The van der Waals surface area contributed by atoms with E-state index >= 15 is 0 Å². The molecule has 1 aromatic rings. The molecule has 1 unspecified atom stereocenters. The molecule has 0 saturated carbocycles. The maximum atomic E-state index is 12.7. The molecule has 1 heterocycles. The first-order valence-corrected chi connectivity index (χ1v) is 5.35. The topological polar surface area (TPSA) is 50.2 Å². The van der Waals surface area contributed by atoms with E-state index < -0.39 is 17.7 Å². The molecular formula is C12H16FNO2. The van der Waals surface area contributed by atoms with Gasteiger partial charge in [0.2, 0.25) is 0 Å². The van der Waals surface area contributed by atoms with Crippen LogP contribution in [0.3, 0.4) is 0 Å². The molecule has 1 rings (SSSR count). The summed E-state index contributed by atoms with van der Waals surface area (Å²) in [5.41, 5.74) is 0.426. The Kier molecular flexibility index (Phi) is 4.40. The van der Waals surface area contributed by atoms with Crippen LogP contribution in [0.2, 0.25) is 0 Å². The van der Waals surface area contributed by atoms with Gasteiger partial charge in [-0.1, -0.05) is 13.8 Å². The molecule has 0 aromatic carbocycles. The fourth-order valence-electron chi connectivity index (χ4n) is 1.49. The van der Waals surface area contributed by atoms with E-state index in [-0.39, 0.29) is 0 Å². The number of carboxylic acids is 1. The SMILES string of the molecule is CC(C)CCC(C(=O)O)c1ccc(F)cn1. The Hall–Kier alpha value is -1.45. The zero-order chi connectivity index (χ0) is 12.1. The number of rotatable bonds is 5. The van der Waals surface area contributed by atoms with Crippen LogP contribution >= 0.6 is 0 Å². The van der Waals surface area contributed by atoms with Gasteiger partial charge in [0.15, 0.2) is 0 Å². The maximum Gasteiger partial charge on any atom is 0.312 e. The minimum absolute atomic E-state index is 0.426. The third-order valence-corrected chi connectivity index (χ3v) is 2.44. The highest BCUT2D eigenvalue weighted by atomic mass is 19.1. The second-order valence-corrected chi connectivity index (χ2v) is 4.26. The summed E-state index contributed by atoms with van der Waals surface area (Å²) in [6, 6.07) is 2.68. The van der Waals surface area contributed by atoms with Gasteiger partial charge in [0.25, 0.3) is 0 Å². The van der Waals surface area contributed by atoms with E-state index in [2.05, 4.69) is 4.98 Å². The van der Waals surface area contributed by atoms with Crippen molar-refractivity contribution in [1.29, 1.82) is 0 Å². The molecule has 1 N–H and O–H groups in total. The van der Waals surface area contributed by atoms with Gasteiger partial charge in [-0.05, 0) is 30.9 Å². The molecule has 0 bridgehead atoms. The third-order valence-electron chi connectivity index (χ3n) is 2.44. The van der Waals surface area contributed by atoms with Crippen LogP contribution in [0.15, 0.2) is 18.3 Å². The third kappa shape index (κ3) is 3.61. The number of hydrogen-bond acceptors (Lipinski definition) is 2. The van der Waals surface area contributed by atoms with Crippen LogP contribution in [0.1, 0.15) is 38.3 Å². The van der Waals surface area contributed by atoms with E-state index in [0.29, 0.717) is 18.0 Å². The minimum atomic E-state index is -0.903. The lowest BCUT2D eigenvalue weighted by Crippen LogP contribution is -2.14. The van der Waals surface area contributed by atoms with Crippen molar-refractivity contribution in [2.75, 3.05) is 0 Å². The molecule has 4 heteroatoms. The Morgan fingerprint density at radius 3 is 2.56 bits per heavy atom. The normalized spacial score (nSPS) is 12.8. The average molecular weight is 225 g/mol. The standard InChI is InChI=1S/C12H16FNO2/c1-8(2)3-5-10(12(15)16)11-6-4-9(13)7-14-11/h4,6-8,10H,3,5H2,1-2H3,(H,15,16). The summed E-state index contributed by atoms with van der Waals surface area (Å²) in [6.45, 7) is 4.08. The van der Waals surface area contributed by atoms with Crippen LogP contribution in [-0.4, -0.2) is 16.1 Å². The van der Waals surface area contributed by atoms with Crippen LogP contribution in [0, 0.1) is 11.7 Å². The number of aliphatic carboxylic acids is 1. The largest absolute Gasteiger partial charge is 0.481 e. The molecule has 0 spiro atoms. The Balaban J connectivity index is 2.77. The van der Waals surface area contributed by atoms with Crippen LogP contribution in [0.4, 0.5) is 4.39 Å². The summed E-state index contributed by atoms with van der Waals surface area (Å²) in [4.78, 5) is 14.9. The molecule has 0 aliphatic carbocycles. The fourth-order valence-corrected chi connectivity index (χ4v) is 1.49. The molecule has 0 fully saturated rings. The van der Waals surface area contributed by atoms with Gasteiger partial charge in [0.05, 0.1) is 17.8 Å². The molecule has 88 valence electrons. The lowest BCUT2D eigenvalue weighted by Gasteiger charge is -2.12.